The van der Waals surface area contributed by atoms with Gasteiger partial charge in [-0.15, -0.1) is 0 Å². The lowest BCUT2D eigenvalue weighted by Gasteiger charge is -2.24. The van der Waals surface area contributed by atoms with Gasteiger partial charge < -0.3 is 5.11 Å². The first kappa shape index (κ1) is 13.1. The van der Waals surface area contributed by atoms with Gasteiger partial charge in [0.15, 0.2) is 0 Å². The zero-order valence-electron chi connectivity index (χ0n) is 12.2. The summed E-state index contributed by atoms with van der Waals surface area (Å²) in [6.45, 7) is 0. The predicted octanol–water partition coefficient (Wildman–Crippen LogP) is 3.94. The van der Waals surface area contributed by atoms with Gasteiger partial charge in [-0.2, -0.15) is 5.10 Å². The molecule has 4 atom stereocenters. The Kier molecular flexibility index (Phi) is 3.30. The average molecular weight is 282 g/mol. The van der Waals surface area contributed by atoms with Crippen molar-refractivity contribution in [1.29, 1.82) is 0 Å². The van der Waals surface area contributed by atoms with Crippen LogP contribution in [0.4, 0.5) is 0 Å². The molecule has 2 fully saturated rings. The van der Waals surface area contributed by atoms with E-state index in [9.17, 15) is 5.11 Å². The number of aliphatic hydroxyl groups excluding tert-OH is 1. The third-order valence-electron chi connectivity index (χ3n) is 5.50. The molecule has 2 bridgehead atoms. The molecule has 21 heavy (non-hydrogen) atoms. The van der Waals surface area contributed by atoms with Crippen molar-refractivity contribution in [3.8, 4) is 11.3 Å². The minimum atomic E-state index is -0.400. The number of benzene rings is 1. The molecule has 3 nitrogen and oxygen atoms in total. The van der Waals surface area contributed by atoms with Crippen molar-refractivity contribution in [1.82, 2.24) is 10.2 Å². The van der Waals surface area contributed by atoms with Crippen LogP contribution in [-0.2, 0) is 0 Å². The molecule has 4 unspecified atom stereocenters. The Morgan fingerprint density at radius 1 is 1.19 bits per heavy atom. The number of fused-ring (bicyclic) bond motifs is 2. The molecular weight excluding hydrogens is 260 g/mol. The summed E-state index contributed by atoms with van der Waals surface area (Å²) >= 11 is 0. The molecule has 2 aromatic rings. The fraction of sp³-hybridized carbons (Fsp3) is 0.500. The molecule has 110 valence electrons. The number of hydrogen-bond donors (Lipinski definition) is 2. The van der Waals surface area contributed by atoms with Gasteiger partial charge in [0.25, 0.3) is 0 Å². The van der Waals surface area contributed by atoms with Gasteiger partial charge in [-0.25, -0.2) is 0 Å². The number of nitrogens with zero attached hydrogens (tertiary/aromatic N) is 1. The van der Waals surface area contributed by atoms with E-state index in [0.717, 1.165) is 35.1 Å². The van der Waals surface area contributed by atoms with Crippen molar-refractivity contribution in [2.75, 3.05) is 0 Å². The molecule has 0 saturated heterocycles. The van der Waals surface area contributed by atoms with Crippen molar-refractivity contribution in [2.24, 2.45) is 17.8 Å². The van der Waals surface area contributed by atoms with E-state index >= 15 is 0 Å². The van der Waals surface area contributed by atoms with E-state index in [4.69, 9.17) is 0 Å². The highest BCUT2D eigenvalue weighted by atomic mass is 16.3. The lowest BCUT2D eigenvalue weighted by molar-refractivity contribution is 0.126. The quantitative estimate of drug-likeness (QED) is 0.892. The minimum Gasteiger partial charge on any atom is -0.388 e. The monoisotopic (exact) mass is 282 g/mol. The van der Waals surface area contributed by atoms with Crippen LogP contribution in [-0.4, -0.2) is 15.3 Å². The van der Waals surface area contributed by atoms with Gasteiger partial charge >= 0.3 is 0 Å². The van der Waals surface area contributed by atoms with Crippen LogP contribution in [0.25, 0.3) is 11.3 Å². The molecule has 0 spiro atoms. The zero-order valence-corrected chi connectivity index (χ0v) is 12.2. The molecule has 0 radical (unpaired) electrons. The molecular formula is C18H22N2O. The molecule has 0 aliphatic heterocycles. The Labute approximate surface area is 125 Å². The number of hydrogen-bond acceptors (Lipinski definition) is 2. The van der Waals surface area contributed by atoms with E-state index in [1.54, 1.807) is 6.20 Å². The lowest BCUT2D eigenvalue weighted by atomic mass is 9.83. The highest BCUT2D eigenvalue weighted by Crippen LogP contribution is 2.51. The third kappa shape index (κ3) is 2.40. The van der Waals surface area contributed by atoms with Crippen LogP contribution in [0, 0.1) is 17.8 Å². The summed E-state index contributed by atoms with van der Waals surface area (Å²) in [6, 6.07) is 10.2. The molecule has 4 rings (SSSR count). The molecule has 1 aromatic carbocycles. The van der Waals surface area contributed by atoms with Gasteiger partial charge in [0.2, 0.25) is 0 Å². The summed E-state index contributed by atoms with van der Waals surface area (Å²) in [6.07, 6.45) is 7.79. The smallest absolute Gasteiger partial charge is 0.0829 e. The van der Waals surface area contributed by atoms with Crippen LogP contribution < -0.4 is 0 Å². The highest BCUT2D eigenvalue weighted by Gasteiger charge is 2.40. The Hall–Kier alpha value is -1.61. The molecule has 1 aromatic heterocycles. The van der Waals surface area contributed by atoms with Crippen LogP contribution >= 0.6 is 0 Å². The number of H-pyrrole nitrogens is 1. The number of nitrogens with one attached hydrogen (secondary N) is 1. The normalized spacial score (nSPS) is 28.9. The van der Waals surface area contributed by atoms with Gasteiger partial charge in [0, 0.05) is 5.56 Å². The van der Waals surface area contributed by atoms with Crippen LogP contribution in [0.2, 0.25) is 0 Å². The fourth-order valence-electron chi connectivity index (χ4n) is 4.46. The highest BCUT2D eigenvalue weighted by molar-refractivity contribution is 5.62. The van der Waals surface area contributed by atoms with E-state index in [1.807, 2.05) is 18.2 Å². The van der Waals surface area contributed by atoms with E-state index in [2.05, 4.69) is 22.3 Å². The van der Waals surface area contributed by atoms with Gasteiger partial charge in [0.05, 0.1) is 18.0 Å². The standard InChI is InChI=1S/C18H22N2O/c21-17(10-15-9-12-6-7-14(15)8-12)16-11-19-20-18(16)13-4-2-1-3-5-13/h1-5,11-12,14-15,17,21H,6-10H2,(H,19,20). The summed E-state index contributed by atoms with van der Waals surface area (Å²) in [5.41, 5.74) is 3.01. The summed E-state index contributed by atoms with van der Waals surface area (Å²) in [7, 11) is 0. The Morgan fingerprint density at radius 3 is 2.76 bits per heavy atom. The summed E-state index contributed by atoms with van der Waals surface area (Å²) in [5.74, 6) is 2.50. The van der Waals surface area contributed by atoms with Gasteiger partial charge in [0.1, 0.15) is 0 Å². The number of aromatic nitrogens is 2. The molecule has 1 heterocycles. The Morgan fingerprint density at radius 2 is 2.05 bits per heavy atom. The molecule has 2 aliphatic carbocycles. The first-order valence-electron chi connectivity index (χ1n) is 8.08. The molecule has 3 heteroatoms. The summed E-state index contributed by atoms with van der Waals surface area (Å²) in [5, 5.41) is 17.9. The minimum absolute atomic E-state index is 0.400. The van der Waals surface area contributed by atoms with E-state index in [-0.39, 0.29) is 0 Å². The number of aliphatic hydroxyl groups is 1. The van der Waals surface area contributed by atoms with E-state index < -0.39 is 6.10 Å². The largest absolute Gasteiger partial charge is 0.388 e. The molecule has 2 N–H and O–H groups in total. The Balaban J connectivity index is 1.53. The molecule has 2 aliphatic rings. The first-order valence-corrected chi connectivity index (χ1v) is 8.08. The van der Waals surface area contributed by atoms with E-state index in [0.29, 0.717) is 5.92 Å². The van der Waals surface area contributed by atoms with Crippen molar-refractivity contribution >= 4 is 0 Å². The van der Waals surface area contributed by atoms with Crippen LogP contribution in [0.3, 0.4) is 0 Å². The van der Waals surface area contributed by atoms with Gasteiger partial charge in [-0.3, -0.25) is 5.10 Å². The second-order valence-corrected chi connectivity index (χ2v) is 6.75. The lowest BCUT2D eigenvalue weighted by Crippen LogP contribution is -2.14. The zero-order chi connectivity index (χ0) is 14.2. The van der Waals surface area contributed by atoms with Crippen LogP contribution in [0.5, 0.6) is 0 Å². The molecule has 0 amide bonds. The second-order valence-electron chi connectivity index (χ2n) is 6.75. The van der Waals surface area contributed by atoms with Crippen molar-refractivity contribution < 1.29 is 5.11 Å². The average Bonchev–Trinajstić information content (AvgIpc) is 3.24. The summed E-state index contributed by atoms with van der Waals surface area (Å²) in [4.78, 5) is 0. The maximum Gasteiger partial charge on any atom is 0.0829 e. The number of aromatic amines is 1. The summed E-state index contributed by atoms with van der Waals surface area (Å²) < 4.78 is 0. The predicted molar refractivity (Wildman–Crippen MR) is 82.5 cm³/mol. The van der Waals surface area contributed by atoms with Crippen molar-refractivity contribution in [2.45, 2.75) is 38.2 Å². The third-order valence-corrected chi connectivity index (χ3v) is 5.50. The molecule has 2 saturated carbocycles. The maximum absolute atomic E-state index is 10.7. The van der Waals surface area contributed by atoms with Crippen molar-refractivity contribution in [3.63, 3.8) is 0 Å². The SMILES string of the molecule is OC(CC1CC2CCC1C2)c1cn[nH]c1-c1ccccc1. The maximum atomic E-state index is 10.7. The van der Waals surface area contributed by atoms with Crippen molar-refractivity contribution in [3.05, 3.63) is 42.1 Å². The topological polar surface area (TPSA) is 48.9 Å². The second kappa shape index (κ2) is 5.30. The van der Waals surface area contributed by atoms with Gasteiger partial charge in [-0.1, -0.05) is 36.8 Å². The number of rotatable bonds is 4. The first-order chi connectivity index (χ1) is 10.3. The van der Waals surface area contributed by atoms with Crippen LogP contribution in [0.1, 0.15) is 43.8 Å². The van der Waals surface area contributed by atoms with E-state index in [1.165, 1.54) is 25.7 Å². The fourth-order valence-corrected chi connectivity index (χ4v) is 4.46. The van der Waals surface area contributed by atoms with Crippen LogP contribution in [0.15, 0.2) is 36.5 Å². The Bertz CT molecular complexity index is 607. The van der Waals surface area contributed by atoms with Gasteiger partial charge in [-0.05, 0) is 49.0 Å².